The second-order valence-electron chi connectivity index (χ2n) is 9.34. The highest BCUT2D eigenvalue weighted by Crippen LogP contribution is 2.31. The van der Waals surface area contributed by atoms with Gasteiger partial charge in [-0.05, 0) is 56.7 Å². The Kier molecular flexibility index (Phi) is 6.61. The van der Waals surface area contributed by atoms with E-state index in [1.165, 1.54) is 6.42 Å². The number of halogens is 2. The molecule has 33 heavy (non-hydrogen) atoms. The van der Waals surface area contributed by atoms with E-state index in [9.17, 15) is 9.59 Å². The lowest BCUT2D eigenvalue weighted by atomic mass is 9.96. The maximum absolute atomic E-state index is 13.6. The number of carbonyl (C=O) groups excluding carboxylic acids is 2. The minimum atomic E-state index is -0.457. The van der Waals surface area contributed by atoms with Gasteiger partial charge in [0, 0.05) is 43.5 Å². The Balaban J connectivity index is 1.32. The standard InChI is InChI=1S/C24H29Cl2N5O2/c25-17-9-10-19(26)18(14-17)23(32)30-13-5-7-20(30)24(33)29-11-4-6-16(15-29)22-28-27-21-8-2-1-3-12-31(21)22/h9-10,14,16,20H,1-8,11-13,15H2. The Hall–Kier alpha value is -2.12. The molecule has 9 heteroatoms. The summed E-state index contributed by atoms with van der Waals surface area (Å²) < 4.78 is 2.29. The summed E-state index contributed by atoms with van der Waals surface area (Å²) in [6.45, 7) is 2.86. The van der Waals surface area contributed by atoms with Crippen LogP contribution in [0.1, 0.15) is 72.9 Å². The van der Waals surface area contributed by atoms with Crippen molar-refractivity contribution >= 4 is 35.0 Å². The molecule has 0 spiro atoms. The van der Waals surface area contributed by atoms with E-state index in [-0.39, 0.29) is 17.7 Å². The molecule has 4 heterocycles. The molecule has 176 valence electrons. The third kappa shape index (κ3) is 4.50. The van der Waals surface area contributed by atoms with Gasteiger partial charge in [-0.3, -0.25) is 9.59 Å². The summed E-state index contributed by atoms with van der Waals surface area (Å²) in [6.07, 6.45) is 7.92. The van der Waals surface area contributed by atoms with Crippen molar-refractivity contribution in [3.8, 4) is 0 Å². The average molecular weight is 490 g/mol. The zero-order valence-electron chi connectivity index (χ0n) is 18.7. The molecule has 3 aliphatic rings. The van der Waals surface area contributed by atoms with E-state index >= 15 is 0 Å². The molecule has 2 amide bonds. The summed E-state index contributed by atoms with van der Waals surface area (Å²) in [5.41, 5.74) is 0.353. The number of nitrogens with zero attached hydrogens (tertiary/aromatic N) is 5. The van der Waals surface area contributed by atoms with Crippen molar-refractivity contribution in [2.75, 3.05) is 19.6 Å². The largest absolute Gasteiger partial charge is 0.340 e. The third-order valence-corrected chi connectivity index (χ3v) is 7.76. The van der Waals surface area contributed by atoms with Crippen LogP contribution < -0.4 is 0 Å². The first-order valence-electron chi connectivity index (χ1n) is 12.0. The average Bonchev–Trinajstić information content (AvgIpc) is 3.41. The molecule has 2 unspecified atom stereocenters. The highest BCUT2D eigenvalue weighted by molar-refractivity contribution is 6.35. The van der Waals surface area contributed by atoms with Crippen LogP contribution >= 0.6 is 23.2 Å². The van der Waals surface area contributed by atoms with Crippen molar-refractivity contribution in [3.05, 3.63) is 45.5 Å². The number of hydrogen-bond donors (Lipinski definition) is 0. The molecule has 7 nitrogen and oxygen atoms in total. The number of piperidine rings is 1. The lowest BCUT2D eigenvalue weighted by Gasteiger charge is -2.36. The Morgan fingerprint density at radius 2 is 1.79 bits per heavy atom. The summed E-state index contributed by atoms with van der Waals surface area (Å²) in [4.78, 5) is 30.4. The van der Waals surface area contributed by atoms with Gasteiger partial charge in [-0.25, -0.2) is 0 Å². The molecule has 3 aliphatic heterocycles. The van der Waals surface area contributed by atoms with Gasteiger partial charge in [-0.15, -0.1) is 10.2 Å². The van der Waals surface area contributed by atoms with Crippen LogP contribution in [-0.2, 0) is 17.8 Å². The highest BCUT2D eigenvalue weighted by atomic mass is 35.5. The summed E-state index contributed by atoms with van der Waals surface area (Å²) in [5.74, 6) is 2.09. The van der Waals surface area contributed by atoms with E-state index in [2.05, 4.69) is 14.8 Å². The molecule has 1 aromatic heterocycles. The van der Waals surface area contributed by atoms with Crippen LogP contribution in [0.2, 0.25) is 10.0 Å². The molecular formula is C24H29Cl2N5O2. The second-order valence-corrected chi connectivity index (χ2v) is 10.2. The number of benzene rings is 1. The molecule has 0 radical (unpaired) electrons. The van der Waals surface area contributed by atoms with Gasteiger partial charge in [0.15, 0.2) is 0 Å². The van der Waals surface area contributed by atoms with Crippen molar-refractivity contribution in [2.45, 2.75) is 69.9 Å². The Bertz CT molecular complexity index is 1060. The maximum Gasteiger partial charge on any atom is 0.256 e. The number of rotatable bonds is 3. The topological polar surface area (TPSA) is 71.3 Å². The first kappa shape index (κ1) is 22.7. The predicted octanol–water partition coefficient (Wildman–Crippen LogP) is 4.32. The SMILES string of the molecule is O=C(C1CCCN1C(=O)c1cc(Cl)ccc1Cl)N1CCCC(c2nnc3n2CCCCC3)C1. The molecule has 1 aromatic carbocycles. The molecule has 2 aromatic rings. The molecular weight excluding hydrogens is 461 g/mol. The van der Waals surface area contributed by atoms with Gasteiger partial charge >= 0.3 is 0 Å². The Morgan fingerprint density at radius 1 is 0.939 bits per heavy atom. The fraction of sp³-hybridized carbons (Fsp3) is 0.583. The third-order valence-electron chi connectivity index (χ3n) is 7.19. The van der Waals surface area contributed by atoms with Crippen LogP contribution in [0.4, 0.5) is 0 Å². The van der Waals surface area contributed by atoms with Crippen LogP contribution in [0, 0.1) is 0 Å². The molecule has 0 bridgehead atoms. The zero-order valence-corrected chi connectivity index (χ0v) is 20.2. The summed E-state index contributed by atoms with van der Waals surface area (Å²) in [5, 5.41) is 9.80. The Morgan fingerprint density at radius 3 is 2.67 bits per heavy atom. The summed E-state index contributed by atoms with van der Waals surface area (Å²) in [6, 6.07) is 4.41. The second kappa shape index (κ2) is 9.63. The van der Waals surface area contributed by atoms with Crippen molar-refractivity contribution < 1.29 is 9.59 Å². The number of likely N-dealkylation sites (tertiary alicyclic amines) is 2. The quantitative estimate of drug-likeness (QED) is 0.643. The highest BCUT2D eigenvalue weighted by Gasteiger charge is 2.39. The first-order valence-corrected chi connectivity index (χ1v) is 12.8. The molecule has 2 saturated heterocycles. The molecule has 0 N–H and O–H groups in total. The van der Waals surface area contributed by atoms with E-state index < -0.39 is 6.04 Å². The van der Waals surface area contributed by atoms with E-state index in [1.807, 2.05) is 4.90 Å². The van der Waals surface area contributed by atoms with Crippen molar-refractivity contribution in [3.63, 3.8) is 0 Å². The van der Waals surface area contributed by atoms with E-state index in [1.54, 1.807) is 23.1 Å². The van der Waals surface area contributed by atoms with Gasteiger partial charge in [0.2, 0.25) is 5.91 Å². The lowest BCUT2D eigenvalue weighted by molar-refractivity contribution is -0.136. The minimum absolute atomic E-state index is 0.0271. The van der Waals surface area contributed by atoms with E-state index in [0.29, 0.717) is 41.7 Å². The number of carbonyl (C=O) groups is 2. The van der Waals surface area contributed by atoms with Crippen LogP contribution in [0.3, 0.4) is 0 Å². The van der Waals surface area contributed by atoms with Crippen LogP contribution in [0.15, 0.2) is 18.2 Å². The van der Waals surface area contributed by atoms with Gasteiger partial charge in [-0.1, -0.05) is 29.6 Å². The van der Waals surface area contributed by atoms with Gasteiger partial charge in [0.05, 0.1) is 10.6 Å². The molecule has 2 atom stereocenters. The van der Waals surface area contributed by atoms with Gasteiger partial charge in [0.25, 0.3) is 5.91 Å². The predicted molar refractivity (Wildman–Crippen MR) is 127 cm³/mol. The van der Waals surface area contributed by atoms with Crippen LogP contribution in [0.5, 0.6) is 0 Å². The number of hydrogen-bond acceptors (Lipinski definition) is 4. The maximum atomic E-state index is 13.6. The molecule has 0 aliphatic carbocycles. The van der Waals surface area contributed by atoms with Gasteiger partial charge in [0.1, 0.15) is 17.7 Å². The van der Waals surface area contributed by atoms with Crippen LogP contribution in [-0.4, -0.2) is 62.1 Å². The Labute approximate surface area is 204 Å². The lowest BCUT2D eigenvalue weighted by Crippen LogP contribution is -2.50. The number of amides is 2. The molecule has 0 saturated carbocycles. The van der Waals surface area contributed by atoms with Crippen molar-refractivity contribution in [2.24, 2.45) is 0 Å². The van der Waals surface area contributed by atoms with Crippen molar-refractivity contribution in [1.82, 2.24) is 24.6 Å². The number of aryl methyl sites for hydroxylation is 1. The van der Waals surface area contributed by atoms with Gasteiger partial charge < -0.3 is 14.4 Å². The number of fused-ring (bicyclic) bond motifs is 1. The molecule has 5 rings (SSSR count). The first-order chi connectivity index (χ1) is 16.0. The van der Waals surface area contributed by atoms with Gasteiger partial charge in [-0.2, -0.15) is 0 Å². The smallest absolute Gasteiger partial charge is 0.256 e. The fourth-order valence-corrected chi connectivity index (χ4v) is 5.86. The van der Waals surface area contributed by atoms with E-state index in [4.69, 9.17) is 23.2 Å². The summed E-state index contributed by atoms with van der Waals surface area (Å²) in [7, 11) is 0. The van der Waals surface area contributed by atoms with Crippen LogP contribution in [0.25, 0.3) is 0 Å². The number of aromatic nitrogens is 3. The van der Waals surface area contributed by atoms with E-state index in [0.717, 1.165) is 56.7 Å². The monoisotopic (exact) mass is 489 g/mol. The van der Waals surface area contributed by atoms with Crippen molar-refractivity contribution in [1.29, 1.82) is 0 Å². The fourth-order valence-electron chi connectivity index (χ4n) is 5.49. The summed E-state index contributed by atoms with van der Waals surface area (Å²) >= 11 is 12.4. The normalized spacial score (nSPS) is 23.3. The zero-order chi connectivity index (χ0) is 22.9. The molecule has 2 fully saturated rings. The minimum Gasteiger partial charge on any atom is -0.340 e.